The molecule has 0 fully saturated rings. The summed E-state index contributed by atoms with van der Waals surface area (Å²) in [6, 6.07) is 18.2. The number of hydrogen-bond donors (Lipinski definition) is 2. The van der Waals surface area contributed by atoms with Gasteiger partial charge in [-0.1, -0.05) is 25.1 Å². The topological polar surface area (TPSA) is 103 Å². The molecule has 0 bridgehead atoms. The van der Waals surface area contributed by atoms with Crippen LogP contribution in [-0.2, 0) is 21.2 Å². The minimum Gasteiger partial charge on any atom is -0.497 e. The molecule has 0 unspecified atom stereocenters. The number of carbonyl (C=O) groups is 1. The van der Waals surface area contributed by atoms with Gasteiger partial charge >= 0.3 is 0 Å². The lowest BCUT2D eigenvalue weighted by atomic mass is 10.1. The lowest BCUT2D eigenvalue weighted by Crippen LogP contribution is -2.30. The number of methoxy groups -OCH3 is 2. The quantitative estimate of drug-likeness (QED) is 0.440. The molecule has 0 aromatic heterocycles. The average molecular weight is 485 g/mol. The van der Waals surface area contributed by atoms with Crippen LogP contribution < -0.4 is 24.2 Å². The molecule has 0 heterocycles. The molecule has 3 rings (SSSR count). The lowest BCUT2D eigenvalue weighted by molar-refractivity contribution is -0.122. The number of rotatable bonds is 10. The standard InChI is InChI=1S/C25H28N2O6S/c1-5-18-8-6-7-9-23(18)33-17(2)25(28)26-19-10-13-21(14-11-19)34(29,30)27-22-15-12-20(31-3)16-24(22)32-4/h6-17,27H,5H2,1-4H3,(H,26,28)/t17-/m1/s1. The molecule has 0 saturated carbocycles. The number of ether oxygens (including phenoxy) is 3. The number of sulfonamides is 1. The Morgan fingerprint density at radius 3 is 2.29 bits per heavy atom. The minimum absolute atomic E-state index is 0.0320. The highest BCUT2D eigenvalue weighted by Crippen LogP contribution is 2.31. The molecular formula is C25H28N2O6S. The summed E-state index contributed by atoms with van der Waals surface area (Å²) >= 11 is 0. The Labute approximate surface area is 199 Å². The zero-order valence-corrected chi connectivity index (χ0v) is 20.3. The fourth-order valence-corrected chi connectivity index (χ4v) is 4.27. The van der Waals surface area contributed by atoms with Crippen molar-refractivity contribution < 1.29 is 27.4 Å². The Bertz CT molecular complexity index is 1240. The van der Waals surface area contributed by atoms with Crippen molar-refractivity contribution in [3.05, 3.63) is 72.3 Å². The van der Waals surface area contributed by atoms with Crippen LogP contribution >= 0.6 is 0 Å². The van der Waals surface area contributed by atoms with E-state index in [0.29, 0.717) is 22.9 Å². The van der Waals surface area contributed by atoms with Crippen molar-refractivity contribution in [2.24, 2.45) is 0 Å². The normalized spacial score (nSPS) is 11.9. The molecule has 0 aliphatic carbocycles. The van der Waals surface area contributed by atoms with Gasteiger partial charge in [-0.25, -0.2) is 8.42 Å². The van der Waals surface area contributed by atoms with Gasteiger partial charge < -0.3 is 19.5 Å². The maximum atomic E-state index is 12.8. The number of carbonyl (C=O) groups excluding carboxylic acids is 1. The van der Waals surface area contributed by atoms with Gasteiger partial charge in [0.15, 0.2) is 6.10 Å². The van der Waals surface area contributed by atoms with Gasteiger partial charge in [0.05, 0.1) is 24.8 Å². The summed E-state index contributed by atoms with van der Waals surface area (Å²) < 4.78 is 44.3. The Morgan fingerprint density at radius 2 is 1.65 bits per heavy atom. The van der Waals surface area contributed by atoms with Crippen molar-refractivity contribution in [3.8, 4) is 17.2 Å². The van der Waals surface area contributed by atoms with Gasteiger partial charge in [-0.05, 0) is 61.4 Å². The van der Waals surface area contributed by atoms with Crippen LogP contribution in [0.25, 0.3) is 0 Å². The number of hydrogen-bond acceptors (Lipinski definition) is 6. The summed E-state index contributed by atoms with van der Waals surface area (Å²) in [7, 11) is -0.934. The Balaban J connectivity index is 1.67. The predicted octanol–water partition coefficient (Wildman–Crippen LogP) is 4.47. The van der Waals surface area contributed by atoms with E-state index in [4.69, 9.17) is 14.2 Å². The molecule has 34 heavy (non-hydrogen) atoms. The smallest absolute Gasteiger partial charge is 0.265 e. The second-order valence-electron chi connectivity index (χ2n) is 7.41. The van der Waals surface area contributed by atoms with Gasteiger partial charge in [-0.3, -0.25) is 9.52 Å². The van der Waals surface area contributed by atoms with Crippen molar-refractivity contribution in [1.29, 1.82) is 0 Å². The van der Waals surface area contributed by atoms with Crippen molar-refractivity contribution in [3.63, 3.8) is 0 Å². The summed E-state index contributed by atoms with van der Waals surface area (Å²) in [5.41, 5.74) is 1.74. The molecule has 0 radical (unpaired) electrons. The third kappa shape index (κ3) is 5.99. The molecule has 8 nitrogen and oxygen atoms in total. The summed E-state index contributed by atoms with van der Waals surface area (Å²) in [6.45, 7) is 3.68. The summed E-state index contributed by atoms with van der Waals surface area (Å²) in [5.74, 6) is 1.18. The van der Waals surface area contributed by atoms with Gasteiger partial charge in [0, 0.05) is 11.8 Å². The fraction of sp³-hybridized carbons (Fsp3) is 0.240. The number of aryl methyl sites for hydroxylation is 1. The van der Waals surface area contributed by atoms with Crippen LogP contribution in [0.3, 0.4) is 0 Å². The van der Waals surface area contributed by atoms with E-state index in [-0.39, 0.29) is 16.5 Å². The molecule has 3 aromatic rings. The summed E-state index contributed by atoms with van der Waals surface area (Å²) in [6.07, 6.45) is 0.0528. The second kappa shape index (κ2) is 10.9. The first-order valence-electron chi connectivity index (χ1n) is 10.7. The fourth-order valence-electron chi connectivity index (χ4n) is 3.20. The van der Waals surface area contributed by atoms with Crippen LogP contribution in [0.4, 0.5) is 11.4 Å². The molecule has 180 valence electrons. The third-order valence-electron chi connectivity index (χ3n) is 5.11. The van der Waals surface area contributed by atoms with Gasteiger partial charge in [0.25, 0.3) is 15.9 Å². The summed E-state index contributed by atoms with van der Waals surface area (Å²) in [5, 5.41) is 2.75. The first kappa shape index (κ1) is 24.9. The highest BCUT2D eigenvalue weighted by molar-refractivity contribution is 7.92. The van der Waals surface area contributed by atoms with Crippen molar-refractivity contribution >= 4 is 27.3 Å². The molecule has 0 aliphatic rings. The molecule has 1 atom stereocenters. The molecular weight excluding hydrogens is 456 g/mol. The average Bonchev–Trinajstić information content (AvgIpc) is 2.84. The molecule has 0 aliphatic heterocycles. The Morgan fingerprint density at radius 1 is 0.941 bits per heavy atom. The van der Waals surface area contributed by atoms with Crippen molar-refractivity contribution in [2.45, 2.75) is 31.3 Å². The van der Waals surface area contributed by atoms with E-state index >= 15 is 0 Å². The Hall–Kier alpha value is -3.72. The van der Waals surface area contributed by atoms with Crippen LogP contribution in [0.2, 0.25) is 0 Å². The van der Waals surface area contributed by atoms with E-state index in [1.54, 1.807) is 25.1 Å². The number of benzene rings is 3. The van der Waals surface area contributed by atoms with E-state index in [1.807, 2.05) is 31.2 Å². The van der Waals surface area contributed by atoms with E-state index in [2.05, 4.69) is 10.0 Å². The van der Waals surface area contributed by atoms with Gasteiger partial charge in [0.1, 0.15) is 17.2 Å². The SMILES string of the molecule is CCc1ccccc1O[C@H](C)C(=O)Nc1ccc(S(=O)(=O)Nc2ccc(OC)cc2OC)cc1. The van der Waals surface area contributed by atoms with E-state index in [9.17, 15) is 13.2 Å². The second-order valence-corrected chi connectivity index (χ2v) is 9.09. The lowest BCUT2D eigenvalue weighted by Gasteiger charge is -2.17. The van der Waals surface area contributed by atoms with Gasteiger partial charge in [0.2, 0.25) is 0 Å². The monoisotopic (exact) mass is 484 g/mol. The number of amides is 1. The van der Waals surface area contributed by atoms with Crippen LogP contribution in [0.15, 0.2) is 71.6 Å². The number of para-hydroxylation sites is 1. The van der Waals surface area contributed by atoms with Crippen LogP contribution in [-0.4, -0.2) is 34.6 Å². The molecule has 2 N–H and O–H groups in total. The zero-order chi connectivity index (χ0) is 24.7. The molecule has 0 spiro atoms. The largest absolute Gasteiger partial charge is 0.497 e. The zero-order valence-electron chi connectivity index (χ0n) is 19.5. The molecule has 0 saturated heterocycles. The number of anilines is 2. The number of nitrogens with one attached hydrogen (secondary N) is 2. The Kier molecular flexibility index (Phi) is 8.01. The van der Waals surface area contributed by atoms with E-state index in [1.165, 1.54) is 38.5 Å². The predicted molar refractivity (Wildman–Crippen MR) is 131 cm³/mol. The molecule has 1 amide bonds. The van der Waals surface area contributed by atoms with Crippen LogP contribution in [0.1, 0.15) is 19.4 Å². The highest BCUT2D eigenvalue weighted by Gasteiger charge is 2.19. The van der Waals surface area contributed by atoms with Gasteiger partial charge in [-0.2, -0.15) is 0 Å². The first-order valence-corrected chi connectivity index (χ1v) is 12.2. The minimum atomic E-state index is -3.88. The maximum Gasteiger partial charge on any atom is 0.265 e. The van der Waals surface area contributed by atoms with E-state index < -0.39 is 16.1 Å². The summed E-state index contributed by atoms with van der Waals surface area (Å²) in [4.78, 5) is 12.6. The van der Waals surface area contributed by atoms with Crippen LogP contribution in [0, 0.1) is 0 Å². The highest BCUT2D eigenvalue weighted by atomic mass is 32.2. The van der Waals surface area contributed by atoms with Crippen LogP contribution in [0.5, 0.6) is 17.2 Å². The maximum absolute atomic E-state index is 12.8. The third-order valence-corrected chi connectivity index (χ3v) is 6.49. The first-order chi connectivity index (χ1) is 16.3. The molecule has 3 aromatic carbocycles. The van der Waals surface area contributed by atoms with Gasteiger partial charge in [-0.15, -0.1) is 0 Å². The van der Waals surface area contributed by atoms with Crippen molar-refractivity contribution in [1.82, 2.24) is 0 Å². The van der Waals surface area contributed by atoms with E-state index in [0.717, 1.165) is 12.0 Å². The van der Waals surface area contributed by atoms with Crippen molar-refractivity contribution in [2.75, 3.05) is 24.3 Å². The molecule has 9 heteroatoms.